The van der Waals surface area contributed by atoms with Crippen LogP contribution < -0.4 is 15.6 Å². The molecule has 0 saturated carbocycles. The number of hydrogen-bond acceptors (Lipinski definition) is 4. The summed E-state index contributed by atoms with van der Waals surface area (Å²) in [4.78, 5) is 26.2. The van der Waals surface area contributed by atoms with E-state index in [2.05, 4.69) is 12.2 Å². The minimum atomic E-state index is -1.29. The first-order valence-corrected chi connectivity index (χ1v) is 9.23. The average Bonchev–Trinajstić information content (AvgIpc) is 2.63. The molecule has 2 unspecified atom stereocenters. The van der Waals surface area contributed by atoms with E-state index in [1.54, 1.807) is 0 Å². The number of hydrogen-bond donors (Lipinski definition) is 2. The molecule has 1 aromatic carbocycles. The number of nitrogens with zero attached hydrogens (tertiary/aromatic N) is 2. The molecule has 2 aromatic rings. The first-order chi connectivity index (χ1) is 12.9. The van der Waals surface area contributed by atoms with E-state index >= 15 is 4.39 Å². The maximum atomic E-state index is 15.1. The van der Waals surface area contributed by atoms with Gasteiger partial charge in [-0.3, -0.25) is 4.79 Å². The van der Waals surface area contributed by atoms with Crippen molar-refractivity contribution in [2.24, 2.45) is 0 Å². The summed E-state index contributed by atoms with van der Waals surface area (Å²) in [5.74, 6) is -1.78. The number of carboxylic acids is 1. The van der Waals surface area contributed by atoms with Crippen LogP contribution >= 0.6 is 0 Å². The molecule has 7 heteroatoms. The minimum absolute atomic E-state index is 0.0704. The molecule has 2 N–H and O–H groups in total. The molecular formula is C20H22FN3O3. The Morgan fingerprint density at radius 1 is 1.44 bits per heavy atom. The van der Waals surface area contributed by atoms with Crippen molar-refractivity contribution in [2.75, 3.05) is 24.5 Å². The van der Waals surface area contributed by atoms with Gasteiger partial charge in [-0.15, -0.1) is 0 Å². The fraction of sp³-hybridized carbons (Fsp3) is 0.400. The Kier molecular flexibility index (Phi) is 4.26. The standard InChI is InChI=1S/C20H22FN3O3/c1-3-12-4-5-13-17-14(19(25)15(20(26)27)10-24(12)17)8-16(21)18(13)23-7-6-22-11(2)9-23/h4-5,8,10-12,22H,3,6-7,9H2,1-2H3,(H,26,27). The number of carboxylic acid groups (broad SMARTS) is 1. The number of halogens is 1. The van der Waals surface area contributed by atoms with Crippen LogP contribution in [0.3, 0.4) is 0 Å². The van der Waals surface area contributed by atoms with E-state index in [9.17, 15) is 14.7 Å². The van der Waals surface area contributed by atoms with Crippen LogP contribution in [0.2, 0.25) is 0 Å². The third-order valence-electron chi connectivity index (χ3n) is 5.45. The molecule has 0 spiro atoms. The zero-order valence-electron chi connectivity index (χ0n) is 15.3. The van der Waals surface area contributed by atoms with E-state index in [0.29, 0.717) is 29.9 Å². The fourth-order valence-corrected chi connectivity index (χ4v) is 4.17. The number of allylic oxidation sites excluding steroid dienone is 1. The van der Waals surface area contributed by atoms with Gasteiger partial charge in [0, 0.05) is 37.4 Å². The summed E-state index contributed by atoms with van der Waals surface area (Å²) in [6.07, 6.45) is 5.97. The topological polar surface area (TPSA) is 74.6 Å². The Morgan fingerprint density at radius 2 is 2.22 bits per heavy atom. The van der Waals surface area contributed by atoms with E-state index in [4.69, 9.17) is 0 Å². The van der Waals surface area contributed by atoms with Crippen molar-refractivity contribution < 1.29 is 14.3 Å². The van der Waals surface area contributed by atoms with Crippen LogP contribution in [0.25, 0.3) is 17.0 Å². The Hall–Kier alpha value is -2.67. The summed E-state index contributed by atoms with van der Waals surface area (Å²) in [7, 11) is 0. The number of piperazine rings is 1. The van der Waals surface area contributed by atoms with Crippen LogP contribution in [0.15, 0.2) is 23.1 Å². The normalized spacial score (nSPS) is 21.7. The Balaban J connectivity index is 2.05. The number of benzene rings is 1. The van der Waals surface area contributed by atoms with Crippen molar-refractivity contribution in [3.8, 4) is 0 Å². The summed E-state index contributed by atoms with van der Waals surface area (Å²) < 4.78 is 16.9. The monoisotopic (exact) mass is 371 g/mol. The number of nitrogens with one attached hydrogen (secondary N) is 1. The van der Waals surface area contributed by atoms with Gasteiger partial charge in [0.15, 0.2) is 0 Å². The highest BCUT2D eigenvalue weighted by Gasteiger charge is 2.28. The van der Waals surface area contributed by atoms with Crippen LogP contribution in [0.5, 0.6) is 0 Å². The van der Waals surface area contributed by atoms with Gasteiger partial charge in [0.1, 0.15) is 11.4 Å². The van der Waals surface area contributed by atoms with Crippen LogP contribution in [0.4, 0.5) is 10.1 Å². The first kappa shape index (κ1) is 17.7. The van der Waals surface area contributed by atoms with Gasteiger partial charge < -0.3 is 19.9 Å². The Morgan fingerprint density at radius 3 is 2.89 bits per heavy atom. The number of carbonyl (C=O) groups is 1. The number of aromatic nitrogens is 1. The van der Waals surface area contributed by atoms with E-state index in [1.165, 1.54) is 12.3 Å². The number of aromatic carboxylic acids is 1. The lowest BCUT2D eigenvalue weighted by Gasteiger charge is -2.36. The molecule has 1 saturated heterocycles. The average molecular weight is 371 g/mol. The SMILES string of the molecule is CCC1C=Cc2c(N3CCNC(C)C3)c(F)cc3c(=O)c(C(=O)O)cn1c23. The zero-order chi connectivity index (χ0) is 19.3. The van der Waals surface area contributed by atoms with Crippen LogP contribution in [-0.4, -0.2) is 41.3 Å². The molecule has 0 amide bonds. The number of rotatable bonds is 3. The molecule has 0 radical (unpaired) electrons. The second-order valence-electron chi connectivity index (χ2n) is 7.24. The quantitative estimate of drug-likeness (QED) is 0.868. The highest BCUT2D eigenvalue weighted by Crippen LogP contribution is 2.38. The van der Waals surface area contributed by atoms with Crippen LogP contribution in [0.1, 0.15) is 42.2 Å². The number of anilines is 1. The molecule has 0 aliphatic carbocycles. The van der Waals surface area contributed by atoms with Crippen molar-refractivity contribution >= 4 is 28.6 Å². The van der Waals surface area contributed by atoms with Crippen LogP contribution in [0, 0.1) is 5.82 Å². The second-order valence-corrected chi connectivity index (χ2v) is 7.24. The first-order valence-electron chi connectivity index (χ1n) is 9.23. The third kappa shape index (κ3) is 2.73. The van der Waals surface area contributed by atoms with Gasteiger partial charge in [0.25, 0.3) is 0 Å². The van der Waals surface area contributed by atoms with E-state index in [0.717, 1.165) is 13.0 Å². The lowest BCUT2D eigenvalue weighted by molar-refractivity contribution is 0.0694. The fourth-order valence-electron chi connectivity index (χ4n) is 4.17. The summed E-state index contributed by atoms with van der Waals surface area (Å²) in [6.45, 7) is 6.13. The predicted molar refractivity (Wildman–Crippen MR) is 103 cm³/mol. The van der Waals surface area contributed by atoms with E-state index < -0.39 is 17.2 Å². The zero-order valence-corrected chi connectivity index (χ0v) is 15.3. The van der Waals surface area contributed by atoms with Gasteiger partial charge in [-0.1, -0.05) is 19.1 Å². The maximum absolute atomic E-state index is 15.1. The number of pyridine rings is 1. The largest absolute Gasteiger partial charge is 0.477 e. The molecule has 2 aliphatic heterocycles. The van der Waals surface area contributed by atoms with Crippen molar-refractivity contribution in [2.45, 2.75) is 32.4 Å². The molecule has 2 atom stereocenters. The van der Waals surface area contributed by atoms with Crippen LogP contribution in [-0.2, 0) is 0 Å². The third-order valence-corrected chi connectivity index (χ3v) is 5.45. The van der Waals surface area contributed by atoms with Gasteiger partial charge in [0.05, 0.1) is 22.6 Å². The van der Waals surface area contributed by atoms with Gasteiger partial charge in [-0.25, -0.2) is 9.18 Å². The van der Waals surface area contributed by atoms with Crippen molar-refractivity contribution in [3.05, 3.63) is 45.5 Å². The smallest absolute Gasteiger partial charge is 0.341 e. The van der Waals surface area contributed by atoms with Crippen molar-refractivity contribution in [3.63, 3.8) is 0 Å². The van der Waals surface area contributed by atoms with E-state index in [-0.39, 0.29) is 23.0 Å². The molecular weight excluding hydrogens is 349 g/mol. The molecule has 1 fully saturated rings. The van der Waals surface area contributed by atoms with Gasteiger partial charge >= 0.3 is 5.97 Å². The van der Waals surface area contributed by atoms with Crippen molar-refractivity contribution in [1.82, 2.24) is 9.88 Å². The highest BCUT2D eigenvalue weighted by atomic mass is 19.1. The molecule has 3 heterocycles. The molecule has 1 aromatic heterocycles. The van der Waals surface area contributed by atoms with Gasteiger partial charge in [-0.2, -0.15) is 0 Å². The minimum Gasteiger partial charge on any atom is -0.477 e. The molecule has 4 rings (SSSR count). The summed E-state index contributed by atoms with van der Waals surface area (Å²) >= 11 is 0. The lowest BCUT2D eigenvalue weighted by atomic mass is 9.97. The molecule has 0 bridgehead atoms. The Labute approximate surface area is 155 Å². The summed E-state index contributed by atoms with van der Waals surface area (Å²) in [6, 6.07) is 1.37. The van der Waals surface area contributed by atoms with Gasteiger partial charge in [-0.05, 0) is 19.4 Å². The second kappa shape index (κ2) is 6.49. The van der Waals surface area contributed by atoms with E-state index in [1.807, 2.05) is 28.5 Å². The predicted octanol–water partition coefficient (Wildman–Crippen LogP) is 2.61. The molecule has 2 aliphatic rings. The Bertz CT molecular complexity index is 1030. The van der Waals surface area contributed by atoms with Gasteiger partial charge in [0.2, 0.25) is 5.43 Å². The molecule has 142 valence electrons. The maximum Gasteiger partial charge on any atom is 0.341 e. The summed E-state index contributed by atoms with van der Waals surface area (Å²) in [5, 5.41) is 12.9. The lowest BCUT2D eigenvalue weighted by Crippen LogP contribution is -2.49. The summed E-state index contributed by atoms with van der Waals surface area (Å²) in [5.41, 5.74) is 0.780. The van der Waals surface area contributed by atoms with Crippen molar-refractivity contribution in [1.29, 1.82) is 0 Å². The highest BCUT2D eigenvalue weighted by molar-refractivity contribution is 5.99. The molecule has 6 nitrogen and oxygen atoms in total. The molecule has 27 heavy (non-hydrogen) atoms.